The van der Waals surface area contributed by atoms with Gasteiger partial charge < -0.3 is 33.3 Å². The van der Waals surface area contributed by atoms with E-state index >= 15 is 0 Å². The molecule has 0 aliphatic rings. The summed E-state index contributed by atoms with van der Waals surface area (Å²) in [4.78, 5) is 37.4. The number of rotatable bonds is 56. The van der Waals surface area contributed by atoms with Crippen LogP contribution in [0.15, 0.2) is 109 Å². The number of carboxylic acids is 1. The largest absolute Gasteiger partial charge is 0.545 e. The van der Waals surface area contributed by atoms with Crippen LogP contribution in [0.3, 0.4) is 0 Å². The Kier molecular flexibility index (Phi) is 55.1. The van der Waals surface area contributed by atoms with Gasteiger partial charge in [0, 0.05) is 12.8 Å². The minimum atomic E-state index is -1.63. The standard InChI is InChI=1S/C68H115NO8/c1-6-8-10-12-14-16-18-20-22-24-26-28-30-32-33-35-36-38-40-42-44-46-48-50-52-54-56-58-65(70)75-62-64(63-76-68(67(72)73)74-61-60-69(3,4)5)77-66(71)59-57-55-53-51-49-47-45-43-41-39-37-34-31-29-27-25-23-21-19-17-15-13-11-9-7-2/h9,11,15,17-18,20-21,23-24,26-27,29-30,32,34,37,41,43,64,68H,6-8,10,12-14,16,19,22,25,28,31,33,35-36,38-40,42,44-63H2,1-5H3/b11-9-,17-15-,20-18-,23-21-,26-24-,29-27-,32-30-,37-34-,43-41-. The Balaban J connectivity index is 4.27. The second kappa shape index (κ2) is 58.1. The molecule has 440 valence electrons. The number of aliphatic carboxylic acids is 1. The van der Waals surface area contributed by atoms with E-state index in [0.717, 1.165) is 109 Å². The number of likely N-dealkylation sites (N-methyl/N-ethyl adjacent to an activating group) is 1. The van der Waals surface area contributed by atoms with Crippen LogP contribution in [0.2, 0.25) is 0 Å². The first-order valence-electron chi connectivity index (χ1n) is 31.0. The summed E-state index contributed by atoms with van der Waals surface area (Å²) in [6.07, 6.45) is 77.1. The Labute approximate surface area is 473 Å². The van der Waals surface area contributed by atoms with E-state index in [1.54, 1.807) is 0 Å². The van der Waals surface area contributed by atoms with E-state index in [-0.39, 0.29) is 38.6 Å². The lowest BCUT2D eigenvalue weighted by molar-refractivity contribution is -0.870. The summed E-state index contributed by atoms with van der Waals surface area (Å²) < 4.78 is 22.7. The van der Waals surface area contributed by atoms with Gasteiger partial charge in [-0.15, -0.1) is 0 Å². The summed E-state index contributed by atoms with van der Waals surface area (Å²) in [6, 6.07) is 0. The van der Waals surface area contributed by atoms with Crippen molar-refractivity contribution in [3.8, 4) is 0 Å². The van der Waals surface area contributed by atoms with Gasteiger partial charge in [0.2, 0.25) is 0 Å². The van der Waals surface area contributed by atoms with Crippen LogP contribution in [0, 0.1) is 0 Å². The molecule has 0 aliphatic carbocycles. The van der Waals surface area contributed by atoms with Crippen molar-refractivity contribution in [2.75, 3.05) is 47.5 Å². The van der Waals surface area contributed by atoms with Gasteiger partial charge in [-0.25, -0.2) is 0 Å². The molecule has 0 aromatic heterocycles. The molecule has 2 unspecified atom stereocenters. The molecule has 0 heterocycles. The molecule has 2 atom stereocenters. The number of ether oxygens (including phenoxy) is 4. The van der Waals surface area contributed by atoms with Gasteiger partial charge in [-0.2, -0.15) is 0 Å². The quantitative estimate of drug-likeness (QED) is 0.0195. The number of hydrogen-bond acceptors (Lipinski definition) is 8. The Morgan fingerprint density at radius 1 is 0.403 bits per heavy atom. The normalized spacial score (nSPS) is 13.5. The molecule has 0 aliphatic heterocycles. The minimum Gasteiger partial charge on any atom is -0.545 e. The maximum absolute atomic E-state index is 12.9. The van der Waals surface area contributed by atoms with Crippen LogP contribution in [0.1, 0.15) is 245 Å². The first-order valence-corrected chi connectivity index (χ1v) is 31.0. The molecule has 9 nitrogen and oxygen atoms in total. The van der Waals surface area contributed by atoms with Gasteiger partial charge in [0.25, 0.3) is 0 Å². The van der Waals surface area contributed by atoms with Gasteiger partial charge in [0.05, 0.1) is 40.3 Å². The lowest BCUT2D eigenvalue weighted by Gasteiger charge is -2.26. The molecule has 0 radical (unpaired) electrons. The van der Waals surface area contributed by atoms with Crippen LogP contribution in [-0.2, 0) is 33.3 Å². The van der Waals surface area contributed by atoms with Crippen molar-refractivity contribution in [2.24, 2.45) is 0 Å². The van der Waals surface area contributed by atoms with Crippen molar-refractivity contribution in [2.45, 2.75) is 257 Å². The van der Waals surface area contributed by atoms with E-state index in [1.807, 2.05) is 21.1 Å². The van der Waals surface area contributed by atoms with Gasteiger partial charge in [0.15, 0.2) is 12.4 Å². The summed E-state index contributed by atoms with van der Waals surface area (Å²) in [5, 5.41) is 11.8. The highest BCUT2D eigenvalue weighted by molar-refractivity contribution is 5.70. The zero-order valence-corrected chi connectivity index (χ0v) is 50.0. The fourth-order valence-electron chi connectivity index (χ4n) is 8.25. The van der Waals surface area contributed by atoms with Crippen LogP contribution < -0.4 is 5.11 Å². The molecule has 77 heavy (non-hydrogen) atoms. The lowest BCUT2D eigenvalue weighted by Crippen LogP contribution is -2.44. The molecule has 0 aromatic carbocycles. The van der Waals surface area contributed by atoms with E-state index in [0.29, 0.717) is 17.4 Å². The molecule has 0 rings (SSSR count). The van der Waals surface area contributed by atoms with Gasteiger partial charge in [-0.05, 0) is 103 Å². The van der Waals surface area contributed by atoms with E-state index in [2.05, 4.69) is 123 Å². The average molecular weight is 1070 g/mol. The first-order chi connectivity index (χ1) is 37.6. The van der Waals surface area contributed by atoms with Gasteiger partial charge >= 0.3 is 11.9 Å². The van der Waals surface area contributed by atoms with E-state index in [4.69, 9.17) is 18.9 Å². The summed E-state index contributed by atoms with van der Waals surface area (Å²) in [5.41, 5.74) is 0. The van der Waals surface area contributed by atoms with Crippen molar-refractivity contribution >= 4 is 17.9 Å². The van der Waals surface area contributed by atoms with Crippen LogP contribution >= 0.6 is 0 Å². The molecular weight excluding hydrogens is 959 g/mol. The second-order valence-corrected chi connectivity index (χ2v) is 21.6. The highest BCUT2D eigenvalue weighted by atomic mass is 16.7. The third-order valence-electron chi connectivity index (χ3n) is 13.0. The first kappa shape index (κ1) is 73.0. The minimum absolute atomic E-state index is 0.139. The van der Waals surface area contributed by atoms with E-state index in [1.165, 1.54) is 103 Å². The molecular formula is C68H115NO8. The molecule has 0 N–H and O–H groups in total. The maximum atomic E-state index is 12.9. The van der Waals surface area contributed by atoms with Gasteiger partial charge in [-0.1, -0.05) is 239 Å². The Morgan fingerprint density at radius 3 is 1.10 bits per heavy atom. The number of hydrogen-bond donors (Lipinski definition) is 0. The molecule has 0 fully saturated rings. The number of esters is 2. The van der Waals surface area contributed by atoms with Crippen molar-refractivity contribution in [3.63, 3.8) is 0 Å². The molecule has 0 bridgehead atoms. The molecule has 9 heteroatoms. The zero-order chi connectivity index (χ0) is 56.2. The fraction of sp³-hybridized carbons (Fsp3) is 0.691. The Morgan fingerprint density at radius 2 is 0.740 bits per heavy atom. The highest BCUT2D eigenvalue weighted by Crippen LogP contribution is 2.15. The SMILES string of the molecule is CC/C=C\C/C=C\C/C=C\C/C=C\C/C=C\C/C=C\CCCCCCCCC(=O)OC(COC(=O)CCCCCCCCCCCCCC/C=C\C/C=C\C/C=C\CCCCCCC)COC(OCC[N+](C)(C)C)C(=O)[O-]. The lowest BCUT2D eigenvalue weighted by atomic mass is 10.0. The van der Waals surface area contributed by atoms with Crippen molar-refractivity contribution in [1.82, 2.24) is 0 Å². The second-order valence-electron chi connectivity index (χ2n) is 21.6. The van der Waals surface area contributed by atoms with E-state index in [9.17, 15) is 19.5 Å². The number of carboxylic acid groups (broad SMARTS) is 1. The molecule has 0 saturated carbocycles. The number of unbranched alkanes of at least 4 members (excludes halogenated alkanes) is 23. The maximum Gasteiger partial charge on any atom is 0.306 e. The summed E-state index contributed by atoms with van der Waals surface area (Å²) in [7, 11) is 5.91. The predicted molar refractivity (Wildman–Crippen MR) is 324 cm³/mol. The topological polar surface area (TPSA) is 111 Å². The third kappa shape index (κ3) is 59.5. The molecule has 0 spiro atoms. The van der Waals surface area contributed by atoms with Crippen LogP contribution in [0.4, 0.5) is 0 Å². The summed E-state index contributed by atoms with van der Waals surface area (Å²) >= 11 is 0. The predicted octanol–water partition coefficient (Wildman–Crippen LogP) is 17.3. The molecule has 0 amide bonds. The molecule has 0 aromatic rings. The smallest absolute Gasteiger partial charge is 0.306 e. The number of quaternary nitrogens is 1. The monoisotopic (exact) mass is 1070 g/mol. The van der Waals surface area contributed by atoms with E-state index < -0.39 is 24.3 Å². The number of allylic oxidation sites excluding steroid dienone is 18. The number of carbonyl (C=O) groups excluding carboxylic acids is 3. The fourth-order valence-corrected chi connectivity index (χ4v) is 8.25. The summed E-state index contributed by atoms with van der Waals surface area (Å²) in [5.74, 6) is -2.31. The summed E-state index contributed by atoms with van der Waals surface area (Å²) in [6.45, 7) is 4.60. The number of carbonyl (C=O) groups is 3. The highest BCUT2D eigenvalue weighted by Gasteiger charge is 2.22. The average Bonchev–Trinajstić information content (AvgIpc) is 3.40. The van der Waals surface area contributed by atoms with Crippen LogP contribution in [-0.4, -0.2) is 82.3 Å². The van der Waals surface area contributed by atoms with Gasteiger partial charge in [0.1, 0.15) is 13.2 Å². The van der Waals surface area contributed by atoms with Crippen molar-refractivity contribution < 1.29 is 42.9 Å². The molecule has 0 saturated heterocycles. The van der Waals surface area contributed by atoms with Crippen molar-refractivity contribution in [3.05, 3.63) is 109 Å². The van der Waals surface area contributed by atoms with Gasteiger partial charge in [-0.3, -0.25) is 9.59 Å². The third-order valence-corrected chi connectivity index (χ3v) is 13.0. The Bertz CT molecular complexity index is 1630. The zero-order valence-electron chi connectivity index (χ0n) is 50.0. The van der Waals surface area contributed by atoms with Crippen LogP contribution in [0.25, 0.3) is 0 Å². The van der Waals surface area contributed by atoms with Crippen LogP contribution in [0.5, 0.6) is 0 Å². The van der Waals surface area contributed by atoms with Crippen molar-refractivity contribution in [1.29, 1.82) is 0 Å². The number of nitrogens with zero attached hydrogens (tertiary/aromatic N) is 1. The Hall–Kier alpha value is -4.05.